The van der Waals surface area contributed by atoms with E-state index in [0.717, 1.165) is 16.7 Å². The molecule has 2 rings (SSSR count). The van der Waals surface area contributed by atoms with Gasteiger partial charge in [-0.1, -0.05) is 59.6 Å². The molecule has 2 amide bonds. The van der Waals surface area contributed by atoms with Crippen molar-refractivity contribution in [2.75, 3.05) is 7.05 Å². The average Bonchev–Trinajstić information content (AvgIpc) is 2.61. The van der Waals surface area contributed by atoms with E-state index in [0.29, 0.717) is 11.6 Å². The second-order valence-corrected chi connectivity index (χ2v) is 6.47. The van der Waals surface area contributed by atoms with E-state index in [1.807, 2.05) is 49.4 Å². The van der Waals surface area contributed by atoms with Crippen LogP contribution in [0.2, 0.25) is 5.02 Å². The topological polar surface area (TPSA) is 49.4 Å². The Morgan fingerprint density at radius 2 is 1.76 bits per heavy atom. The van der Waals surface area contributed by atoms with Crippen molar-refractivity contribution in [3.63, 3.8) is 0 Å². The Morgan fingerprint density at radius 3 is 2.36 bits per heavy atom. The van der Waals surface area contributed by atoms with Crippen molar-refractivity contribution in [2.24, 2.45) is 0 Å². The maximum Gasteiger partial charge on any atom is 0.242 e. The summed E-state index contributed by atoms with van der Waals surface area (Å²) < 4.78 is 0. The minimum atomic E-state index is -0.584. The number of rotatable bonds is 6. The fourth-order valence-corrected chi connectivity index (χ4v) is 2.78. The van der Waals surface area contributed by atoms with Crippen LogP contribution in [0.25, 0.3) is 0 Å². The zero-order chi connectivity index (χ0) is 18.4. The SMILES string of the molecule is CNC(=O)C(C)N(Cc1ccccc1Cl)C(=O)Cc1ccc(C)cc1. The maximum atomic E-state index is 12.9. The van der Waals surface area contributed by atoms with Gasteiger partial charge in [-0.2, -0.15) is 0 Å². The lowest BCUT2D eigenvalue weighted by atomic mass is 10.1. The largest absolute Gasteiger partial charge is 0.357 e. The van der Waals surface area contributed by atoms with Crippen LogP contribution in [0.4, 0.5) is 0 Å². The summed E-state index contributed by atoms with van der Waals surface area (Å²) in [5.41, 5.74) is 2.88. The summed E-state index contributed by atoms with van der Waals surface area (Å²) in [4.78, 5) is 26.5. The minimum Gasteiger partial charge on any atom is -0.357 e. The van der Waals surface area contributed by atoms with Gasteiger partial charge in [0.15, 0.2) is 0 Å². The Balaban J connectivity index is 2.23. The van der Waals surface area contributed by atoms with Crippen LogP contribution in [0.3, 0.4) is 0 Å². The Kier molecular flexibility index (Phi) is 6.59. The second kappa shape index (κ2) is 8.67. The van der Waals surface area contributed by atoms with Gasteiger partial charge in [0.1, 0.15) is 6.04 Å². The highest BCUT2D eigenvalue weighted by molar-refractivity contribution is 6.31. The van der Waals surface area contributed by atoms with Crippen molar-refractivity contribution in [3.8, 4) is 0 Å². The van der Waals surface area contributed by atoms with Crippen molar-refractivity contribution in [1.29, 1.82) is 0 Å². The Bertz CT molecular complexity index is 744. The average molecular weight is 359 g/mol. The van der Waals surface area contributed by atoms with Gasteiger partial charge in [-0.3, -0.25) is 9.59 Å². The molecule has 25 heavy (non-hydrogen) atoms. The van der Waals surface area contributed by atoms with Crippen molar-refractivity contribution in [1.82, 2.24) is 10.2 Å². The number of aryl methyl sites for hydroxylation is 1. The standard InChI is InChI=1S/C20H23ClN2O2/c1-14-8-10-16(11-9-14)12-19(24)23(15(2)20(25)22-3)13-17-6-4-5-7-18(17)21/h4-11,15H,12-13H2,1-3H3,(H,22,25). The number of likely N-dealkylation sites (N-methyl/N-ethyl adjacent to an activating group) is 1. The Morgan fingerprint density at radius 1 is 1.12 bits per heavy atom. The van der Waals surface area contributed by atoms with E-state index in [1.165, 1.54) is 0 Å². The smallest absolute Gasteiger partial charge is 0.242 e. The zero-order valence-corrected chi connectivity index (χ0v) is 15.5. The molecule has 1 N–H and O–H groups in total. The van der Waals surface area contributed by atoms with Gasteiger partial charge < -0.3 is 10.2 Å². The molecule has 0 aromatic heterocycles. The molecule has 0 fully saturated rings. The third kappa shape index (κ3) is 5.07. The van der Waals surface area contributed by atoms with E-state index in [-0.39, 0.29) is 18.2 Å². The van der Waals surface area contributed by atoms with Gasteiger partial charge in [0.25, 0.3) is 0 Å². The molecule has 0 spiro atoms. The van der Waals surface area contributed by atoms with Gasteiger partial charge in [0, 0.05) is 18.6 Å². The lowest BCUT2D eigenvalue weighted by molar-refractivity contribution is -0.139. The van der Waals surface area contributed by atoms with Crippen molar-refractivity contribution in [3.05, 3.63) is 70.2 Å². The van der Waals surface area contributed by atoms with E-state index in [9.17, 15) is 9.59 Å². The summed E-state index contributed by atoms with van der Waals surface area (Å²) in [5.74, 6) is -0.316. The van der Waals surface area contributed by atoms with Crippen molar-refractivity contribution < 1.29 is 9.59 Å². The Labute approximate surface area is 153 Å². The number of benzene rings is 2. The molecule has 0 aliphatic heterocycles. The number of nitrogens with one attached hydrogen (secondary N) is 1. The van der Waals surface area contributed by atoms with Gasteiger partial charge in [-0.15, -0.1) is 0 Å². The van der Waals surface area contributed by atoms with Crippen molar-refractivity contribution in [2.45, 2.75) is 32.9 Å². The normalized spacial score (nSPS) is 11.7. The molecular formula is C20H23ClN2O2. The lowest BCUT2D eigenvalue weighted by Crippen LogP contribution is -2.47. The molecule has 2 aromatic rings. The van der Waals surface area contributed by atoms with Crippen LogP contribution in [-0.2, 0) is 22.6 Å². The van der Waals surface area contributed by atoms with Crippen molar-refractivity contribution >= 4 is 23.4 Å². The summed E-state index contributed by atoms with van der Waals surface area (Å²) in [6.45, 7) is 4.02. The lowest BCUT2D eigenvalue weighted by Gasteiger charge is -2.28. The summed E-state index contributed by atoms with van der Waals surface area (Å²) in [5, 5.41) is 3.19. The number of hydrogen-bond acceptors (Lipinski definition) is 2. The molecular weight excluding hydrogens is 336 g/mol. The Hall–Kier alpha value is -2.33. The van der Waals surface area contributed by atoms with Gasteiger partial charge in [-0.05, 0) is 31.0 Å². The molecule has 0 aliphatic rings. The molecule has 0 heterocycles. The summed E-state index contributed by atoms with van der Waals surface area (Å²) in [7, 11) is 1.57. The minimum absolute atomic E-state index is 0.111. The molecule has 0 saturated heterocycles. The molecule has 5 heteroatoms. The number of carbonyl (C=O) groups excluding carboxylic acids is 2. The van der Waals surface area contributed by atoms with E-state index in [1.54, 1.807) is 24.9 Å². The summed E-state index contributed by atoms with van der Waals surface area (Å²) in [6, 6.07) is 14.6. The molecule has 4 nitrogen and oxygen atoms in total. The number of nitrogens with zero attached hydrogens (tertiary/aromatic N) is 1. The van der Waals surface area contributed by atoms with Crippen LogP contribution in [0.5, 0.6) is 0 Å². The van der Waals surface area contributed by atoms with Crippen LogP contribution in [-0.4, -0.2) is 29.8 Å². The second-order valence-electron chi connectivity index (χ2n) is 6.07. The van der Waals surface area contributed by atoms with Crippen LogP contribution in [0.1, 0.15) is 23.6 Å². The van der Waals surface area contributed by atoms with E-state index in [4.69, 9.17) is 11.6 Å². The molecule has 0 bridgehead atoms. The third-order valence-corrected chi connectivity index (χ3v) is 4.56. The molecule has 1 unspecified atom stereocenters. The summed E-state index contributed by atoms with van der Waals surface area (Å²) in [6.07, 6.45) is 0.242. The fourth-order valence-electron chi connectivity index (χ4n) is 2.58. The first kappa shape index (κ1) is 19.0. The molecule has 0 radical (unpaired) electrons. The van der Waals surface area contributed by atoms with E-state index >= 15 is 0 Å². The van der Waals surface area contributed by atoms with Gasteiger partial charge >= 0.3 is 0 Å². The van der Waals surface area contributed by atoms with Gasteiger partial charge in [-0.25, -0.2) is 0 Å². The van der Waals surface area contributed by atoms with Crippen LogP contribution >= 0.6 is 11.6 Å². The quantitative estimate of drug-likeness (QED) is 0.860. The molecule has 2 aromatic carbocycles. The predicted octanol–water partition coefficient (Wildman–Crippen LogP) is 3.35. The maximum absolute atomic E-state index is 12.9. The molecule has 132 valence electrons. The first-order valence-corrected chi connectivity index (χ1v) is 8.60. The highest BCUT2D eigenvalue weighted by Crippen LogP contribution is 2.19. The van der Waals surface area contributed by atoms with Gasteiger partial charge in [0.2, 0.25) is 11.8 Å². The number of hydrogen-bond donors (Lipinski definition) is 1. The number of halogens is 1. The highest BCUT2D eigenvalue weighted by atomic mass is 35.5. The summed E-state index contributed by atoms with van der Waals surface area (Å²) >= 11 is 6.23. The zero-order valence-electron chi connectivity index (χ0n) is 14.8. The third-order valence-electron chi connectivity index (χ3n) is 4.19. The van der Waals surface area contributed by atoms with E-state index < -0.39 is 6.04 Å². The molecule has 0 aliphatic carbocycles. The predicted molar refractivity (Wildman–Crippen MR) is 100 cm³/mol. The monoisotopic (exact) mass is 358 g/mol. The highest BCUT2D eigenvalue weighted by Gasteiger charge is 2.26. The number of amides is 2. The van der Waals surface area contributed by atoms with Gasteiger partial charge in [0.05, 0.1) is 6.42 Å². The first-order chi connectivity index (χ1) is 11.9. The van der Waals surface area contributed by atoms with Crippen LogP contribution in [0.15, 0.2) is 48.5 Å². The molecule has 0 saturated carbocycles. The van der Waals surface area contributed by atoms with Crippen LogP contribution in [0, 0.1) is 6.92 Å². The first-order valence-electron chi connectivity index (χ1n) is 8.22. The van der Waals surface area contributed by atoms with E-state index in [2.05, 4.69) is 5.32 Å². The fraction of sp³-hybridized carbons (Fsp3) is 0.300. The number of carbonyl (C=O) groups is 2. The van der Waals surface area contributed by atoms with Crippen LogP contribution < -0.4 is 5.32 Å². The molecule has 1 atom stereocenters.